The van der Waals surface area contributed by atoms with Gasteiger partial charge in [-0.3, -0.25) is 4.48 Å². The summed E-state index contributed by atoms with van der Waals surface area (Å²) in [5.41, 5.74) is 0. The Morgan fingerprint density at radius 3 is 2.11 bits per heavy atom. The first-order valence-corrected chi connectivity index (χ1v) is 2.83. The van der Waals surface area contributed by atoms with Crippen LogP contribution in [0.1, 0.15) is 0 Å². The molecule has 0 amide bonds. The zero-order chi connectivity index (χ0) is 7.49. The Kier molecular flexibility index (Phi) is 2.67. The van der Waals surface area contributed by atoms with Gasteiger partial charge in [-0.2, -0.15) is 0 Å². The summed E-state index contributed by atoms with van der Waals surface area (Å²) in [6.45, 7) is 3.92. The van der Waals surface area contributed by atoms with Gasteiger partial charge in [0.25, 0.3) is 5.88 Å². The molecule has 0 fully saturated rings. The highest BCUT2D eigenvalue weighted by molar-refractivity contribution is 4.63. The molecule has 0 unspecified atom stereocenters. The van der Waals surface area contributed by atoms with Crippen LogP contribution in [0, 0.1) is 0 Å². The first-order valence-electron chi connectivity index (χ1n) is 2.83. The topological polar surface area (TPSA) is 40.5 Å². The summed E-state index contributed by atoms with van der Waals surface area (Å²) in [5, 5.41) is 17.4. The zero-order valence-corrected chi connectivity index (χ0v) is 5.96. The van der Waals surface area contributed by atoms with Crippen molar-refractivity contribution in [1.29, 1.82) is 0 Å². The van der Waals surface area contributed by atoms with Crippen LogP contribution in [-0.2, 0) is 0 Å². The Bertz CT molecular complexity index is 110. The Balaban J connectivity index is 3.85. The van der Waals surface area contributed by atoms with E-state index in [4.69, 9.17) is 10.2 Å². The van der Waals surface area contributed by atoms with E-state index in [1.165, 1.54) is 0 Å². The minimum atomic E-state index is 0.0621. The van der Waals surface area contributed by atoms with Crippen molar-refractivity contribution in [3.63, 3.8) is 0 Å². The summed E-state index contributed by atoms with van der Waals surface area (Å²) in [6.07, 6.45) is 0. The fourth-order valence-electron chi connectivity index (χ4n) is 0.379. The molecule has 0 aliphatic carbocycles. The first-order chi connectivity index (χ1) is 4.00. The van der Waals surface area contributed by atoms with Gasteiger partial charge in [-0.1, -0.05) is 0 Å². The molecular weight excluding hydrogens is 118 g/mol. The molecule has 0 spiro atoms. The second-order valence-corrected chi connectivity index (χ2v) is 2.55. The summed E-state index contributed by atoms with van der Waals surface area (Å²) in [5.74, 6) is 0.0732. The van der Waals surface area contributed by atoms with Crippen molar-refractivity contribution in [3.05, 3.63) is 12.5 Å². The van der Waals surface area contributed by atoms with E-state index in [2.05, 4.69) is 6.58 Å². The molecule has 0 rings (SSSR count). The normalized spacial score (nSPS) is 11.4. The monoisotopic (exact) mass is 132 g/mol. The number of nitrogens with zero attached hydrogens (tertiary/aromatic N) is 1. The molecule has 0 heterocycles. The third-order valence-corrected chi connectivity index (χ3v) is 1.36. The van der Waals surface area contributed by atoms with Crippen molar-refractivity contribution in [1.82, 2.24) is 0 Å². The molecule has 0 radical (unpaired) electrons. The van der Waals surface area contributed by atoms with Crippen molar-refractivity contribution in [2.75, 3.05) is 27.2 Å². The van der Waals surface area contributed by atoms with Gasteiger partial charge in [-0.05, 0) is 0 Å². The van der Waals surface area contributed by atoms with E-state index in [0.29, 0.717) is 6.54 Å². The zero-order valence-electron chi connectivity index (χ0n) is 5.96. The Morgan fingerprint density at radius 2 is 2.00 bits per heavy atom. The summed E-state index contributed by atoms with van der Waals surface area (Å²) in [4.78, 5) is 0. The van der Waals surface area contributed by atoms with Crippen molar-refractivity contribution in [2.45, 2.75) is 0 Å². The largest absolute Gasteiger partial charge is 0.468 e. The standard InChI is InChI=1S/C6H13NO2/c1-6(9)7(2,3)4-5-8/h8H,1,4-5H2,2-3H3/p+1. The second kappa shape index (κ2) is 2.85. The molecule has 2 N–H and O–H groups in total. The summed E-state index contributed by atoms with van der Waals surface area (Å²) in [7, 11) is 3.55. The lowest BCUT2D eigenvalue weighted by molar-refractivity contribution is -0.867. The maximum absolute atomic E-state index is 8.88. The van der Waals surface area contributed by atoms with Crippen molar-refractivity contribution in [2.24, 2.45) is 0 Å². The number of likely N-dealkylation sites (N-methyl/N-ethyl adjacent to an activating group) is 1. The number of aliphatic hydroxyl groups excluding tert-OH is 2. The first kappa shape index (κ1) is 8.46. The molecule has 54 valence electrons. The van der Waals surface area contributed by atoms with E-state index < -0.39 is 0 Å². The average molecular weight is 132 g/mol. The quantitative estimate of drug-likeness (QED) is 0.422. The number of aliphatic hydroxyl groups is 2. The lowest BCUT2D eigenvalue weighted by Crippen LogP contribution is -2.40. The number of hydrogen-bond acceptors (Lipinski definition) is 2. The van der Waals surface area contributed by atoms with Gasteiger partial charge >= 0.3 is 0 Å². The molecule has 0 aromatic carbocycles. The van der Waals surface area contributed by atoms with Gasteiger partial charge in [0.1, 0.15) is 6.54 Å². The van der Waals surface area contributed by atoms with E-state index in [9.17, 15) is 0 Å². The maximum atomic E-state index is 8.88. The van der Waals surface area contributed by atoms with Gasteiger partial charge in [0.15, 0.2) is 0 Å². The van der Waals surface area contributed by atoms with E-state index in [-0.39, 0.29) is 17.0 Å². The smallest absolute Gasteiger partial charge is 0.281 e. The lowest BCUT2D eigenvalue weighted by atomic mass is 10.5. The molecule has 0 atom stereocenters. The van der Waals surface area contributed by atoms with Crippen molar-refractivity contribution < 1.29 is 14.7 Å². The predicted molar refractivity (Wildman–Crippen MR) is 35.8 cm³/mol. The summed E-state index contributed by atoms with van der Waals surface area (Å²) in [6, 6.07) is 0. The third-order valence-electron chi connectivity index (χ3n) is 1.36. The van der Waals surface area contributed by atoms with Crippen LogP contribution in [0.3, 0.4) is 0 Å². The highest BCUT2D eigenvalue weighted by atomic mass is 16.3. The van der Waals surface area contributed by atoms with Gasteiger partial charge in [-0.15, -0.1) is 0 Å². The summed E-state index contributed by atoms with van der Waals surface area (Å²) >= 11 is 0. The van der Waals surface area contributed by atoms with E-state index in [0.717, 1.165) is 0 Å². The van der Waals surface area contributed by atoms with Gasteiger partial charge in [0.2, 0.25) is 0 Å². The van der Waals surface area contributed by atoms with Gasteiger partial charge in [0, 0.05) is 6.58 Å². The average Bonchev–Trinajstić information content (AvgIpc) is 1.65. The molecule has 0 aliphatic heterocycles. The third kappa shape index (κ3) is 2.49. The molecule has 3 nitrogen and oxygen atoms in total. The highest BCUT2D eigenvalue weighted by Crippen LogP contribution is 2.02. The molecule has 9 heavy (non-hydrogen) atoms. The van der Waals surface area contributed by atoms with Crippen molar-refractivity contribution >= 4 is 0 Å². The SMILES string of the molecule is C=C(O)[N+](C)(C)CCO. The molecular formula is C6H14NO2+. The Hall–Kier alpha value is -0.540. The molecule has 0 aromatic heterocycles. The molecule has 3 heteroatoms. The second-order valence-electron chi connectivity index (χ2n) is 2.55. The number of quaternary nitrogens is 1. The fourth-order valence-corrected chi connectivity index (χ4v) is 0.379. The van der Waals surface area contributed by atoms with Crippen LogP contribution in [0.25, 0.3) is 0 Å². The highest BCUT2D eigenvalue weighted by Gasteiger charge is 2.17. The van der Waals surface area contributed by atoms with Crippen LogP contribution in [-0.4, -0.2) is 41.9 Å². The lowest BCUT2D eigenvalue weighted by Gasteiger charge is -2.25. The molecule has 0 aromatic rings. The van der Waals surface area contributed by atoms with Gasteiger partial charge in [-0.25, -0.2) is 0 Å². The minimum absolute atomic E-state index is 0.0621. The molecule has 0 saturated heterocycles. The van der Waals surface area contributed by atoms with E-state index in [1.807, 2.05) is 0 Å². The Labute approximate surface area is 55.4 Å². The molecule has 0 aliphatic rings. The van der Waals surface area contributed by atoms with Crippen LogP contribution in [0.5, 0.6) is 0 Å². The van der Waals surface area contributed by atoms with E-state index in [1.54, 1.807) is 14.1 Å². The maximum Gasteiger partial charge on any atom is 0.281 e. The Morgan fingerprint density at radius 1 is 1.56 bits per heavy atom. The van der Waals surface area contributed by atoms with Crippen LogP contribution in [0.2, 0.25) is 0 Å². The van der Waals surface area contributed by atoms with E-state index >= 15 is 0 Å². The van der Waals surface area contributed by atoms with Crippen LogP contribution < -0.4 is 0 Å². The number of rotatable bonds is 3. The van der Waals surface area contributed by atoms with Crippen LogP contribution >= 0.6 is 0 Å². The van der Waals surface area contributed by atoms with Crippen LogP contribution in [0.4, 0.5) is 0 Å². The summed E-state index contributed by atoms with van der Waals surface area (Å²) < 4.78 is 0.260. The predicted octanol–water partition coefficient (Wildman–Crippen LogP) is 0.0843. The van der Waals surface area contributed by atoms with Crippen molar-refractivity contribution in [3.8, 4) is 0 Å². The molecule has 0 bridgehead atoms. The number of hydrogen-bond donors (Lipinski definition) is 2. The van der Waals surface area contributed by atoms with Gasteiger partial charge in [0.05, 0.1) is 20.7 Å². The van der Waals surface area contributed by atoms with Gasteiger partial charge < -0.3 is 10.2 Å². The van der Waals surface area contributed by atoms with Crippen LogP contribution in [0.15, 0.2) is 12.5 Å². The molecule has 0 saturated carbocycles. The minimum Gasteiger partial charge on any atom is -0.468 e. The fraction of sp³-hybridized carbons (Fsp3) is 0.667.